The van der Waals surface area contributed by atoms with Gasteiger partial charge >= 0.3 is 0 Å². The van der Waals surface area contributed by atoms with Gasteiger partial charge in [-0.2, -0.15) is 5.26 Å². The number of ether oxygens (including phenoxy) is 1. The second-order valence-electron chi connectivity index (χ2n) is 3.57. The lowest BCUT2D eigenvalue weighted by atomic mass is 10.0. The average molecular weight is 211 g/mol. The zero-order valence-electron chi connectivity index (χ0n) is 9.18. The predicted octanol–water partition coefficient (Wildman–Crippen LogP) is 3.44. The fraction of sp³-hybridized carbons (Fsp3) is 0.214. The number of nitriles is 1. The van der Waals surface area contributed by atoms with Crippen LogP contribution >= 0.6 is 0 Å². The Bertz CT molecular complexity index is 527. The molecule has 2 nitrogen and oxygen atoms in total. The fourth-order valence-electron chi connectivity index (χ4n) is 1.75. The minimum atomic E-state index is -0.463. The van der Waals surface area contributed by atoms with Crippen molar-refractivity contribution in [3.05, 3.63) is 48.0 Å². The Hall–Kier alpha value is -1.85. The highest BCUT2D eigenvalue weighted by molar-refractivity contribution is 5.83. The van der Waals surface area contributed by atoms with Gasteiger partial charge in [-0.05, 0) is 29.3 Å². The first kappa shape index (κ1) is 10.7. The Morgan fingerprint density at radius 3 is 2.62 bits per heavy atom. The van der Waals surface area contributed by atoms with Crippen molar-refractivity contribution in [1.29, 1.82) is 5.26 Å². The predicted molar refractivity (Wildman–Crippen MR) is 63.9 cm³/mol. The molecule has 0 bridgehead atoms. The van der Waals surface area contributed by atoms with Gasteiger partial charge in [0.05, 0.1) is 6.07 Å². The van der Waals surface area contributed by atoms with Crippen LogP contribution in [-0.2, 0) is 4.74 Å². The van der Waals surface area contributed by atoms with E-state index in [9.17, 15) is 0 Å². The van der Waals surface area contributed by atoms with Gasteiger partial charge in [-0.15, -0.1) is 0 Å². The van der Waals surface area contributed by atoms with Crippen molar-refractivity contribution in [2.75, 3.05) is 6.61 Å². The third kappa shape index (κ3) is 2.05. The smallest absolute Gasteiger partial charge is 0.169 e. The van der Waals surface area contributed by atoms with Gasteiger partial charge in [0.15, 0.2) is 6.10 Å². The van der Waals surface area contributed by atoms with Gasteiger partial charge < -0.3 is 4.74 Å². The van der Waals surface area contributed by atoms with E-state index < -0.39 is 6.10 Å². The van der Waals surface area contributed by atoms with E-state index in [1.54, 1.807) is 0 Å². The lowest BCUT2D eigenvalue weighted by Gasteiger charge is -2.10. The third-order valence-corrected chi connectivity index (χ3v) is 2.53. The highest BCUT2D eigenvalue weighted by Crippen LogP contribution is 2.22. The maximum Gasteiger partial charge on any atom is 0.169 e. The second kappa shape index (κ2) is 4.78. The first-order chi connectivity index (χ1) is 7.85. The molecule has 2 heteroatoms. The Balaban J connectivity index is 2.42. The van der Waals surface area contributed by atoms with Crippen LogP contribution in [-0.4, -0.2) is 6.61 Å². The Labute approximate surface area is 95.1 Å². The van der Waals surface area contributed by atoms with E-state index in [0.29, 0.717) is 6.61 Å². The topological polar surface area (TPSA) is 33.0 Å². The van der Waals surface area contributed by atoms with Crippen molar-refractivity contribution in [2.45, 2.75) is 13.0 Å². The van der Waals surface area contributed by atoms with E-state index in [1.165, 1.54) is 5.39 Å². The van der Waals surface area contributed by atoms with Gasteiger partial charge in [-0.1, -0.05) is 36.4 Å². The summed E-state index contributed by atoms with van der Waals surface area (Å²) in [6.07, 6.45) is -0.463. The van der Waals surface area contributed by atoms with Crippen molar-refractivity contribution in [3.8, 4) is 6.07 Å². The molecule has 2 aromatic rings. The SMILES string of the molecule is CCOC(C#N)c1ccc2ccccc2c1. The molecular formula is C14H13NO. The fourth-order valence-corrected chi connectivity index (χ4v) is 1.75. The molecule has 1 unspecified atom stereocenters. The van der Waals surface area contributed by atoms with Crippen LogP contribution in [0.4, 0.5) is 0 Å². The molecule has 16 heavy (non-hydrogen) atoms. The van der Waals surface area contributed by atoms with Crippen LogP contribution in [0, 0.1) is 11.3 Å². The minimum Gasteiger partial charge on any atom is -0.359 e. The molecule has 0 heterocycles. The van der Waals surface area contributed by atoms with Crippen molar-refractivity contribution in [2.24, 2.45) is 0 Å². The van der Waals surface area contributed by atoms with Gasteiger partial charge in [0.1, 0.15) is 0 Å². The van der Waals surface area contributed by atoms with Crippen molar-refractivity contribution in [1.82, 2.24) is 0 Å². The molecule has 0 aliphatic rings. The van der Waals surface area contributed by atoms with Crippen LogP contribution in [0.5, 0.6) is 0 Å². The highest BCUT2D eigenvalue weighted by Gasteiger charge is 2.09. The minimum absolute atomic E-state index is 0.463. The lowest BCUT2D eigenvalue weighted by Crippen LogP contribution is -2.01. The summed E-state index contributed by atoms with van der Waals surface area (Å²) in [5, 5.41) is 11.3. The van der Waals surface area contributed by atoms with Crippen LogP contribution in [0.25, 0.3) is 10.8 Å². The molecule has 2 aromatic carbocycles. The lowest BCUT2D eigenvalue weighted by molar-refractivity contribution is 0.102. The molecular weight excluding hydrogens is 198 g/mol. The van der Waals surface area contributed by atoms with Gasteiger partial charge in [0, 0.05) is 6.61 Å². The largest absolute Gasteiger partial charge is 0.359 e. The first-order valence-corrected chi connectivity index (χ1v) is 5.35. The van der Waals surface area contributed by atoms with Crippen molar-refractivity contribution in [3.63, 3.8) is 0 Å². The van der Waals surface area contributed by atoms with Crippen LogP contribution in [0.3, 0.4) is 0 Å². The van der Waals surface area contributed by atoms with E-state index in [-0.39, 0.29) is 0 Å². The van der Waals surface area contributed by atoms with E-state index in [4.69, 9.17) is 10.00 Å². The number of nitrogens with zero attached hydrogens (tertiary/aromatic N) is 1. The molecule has 0 saturated carbocycles. The number of fused-ring (bicyclic) bond motifs is 1. The molecule has 0 radical (unpaired) electrons. The van der Waals surface area contributed by atoms with E-state index in [0.717, 1.165) is 10.9 Å². The van der Waals surface area contributed by atoms with Gasteiger partial charge in [-0.3, -0.25) is 0 Å². The monoisotopic (exact) mass is 211 g/mol. The average Bonchev–Trinajstić information content (AvgIpc) is 2.35. The van der Waals surface area contributed by atoms with E-state index in [1.807, 2.05) is 43.3 Å². The number of rotatable bonds is 3. The molecule has 0 aromatic heterocycles. The molecule has 0 saturated heterocycles. The summed E-state index contributed by atoms with van der Waals surface area (Å²) in [4.78, 5) is 0. The quantitative estimate of drug-likeness (QED) is 0.779. The summed E-state index contributed by atoms with van der Waals surface area (Å²) < 4.78 is 5.36. The molecule has 2 rings (SSSR count). The van der Waals surface area contributed by atoms with Crippen molar-refractivity contribution >= 4 is 10.8 Å². The van der Waals surface area contributed by atoms with Crippen LogP contribution in [0.2, 0.25) is 0 Å². The van der Waals surface area contributed by atoms with Crippen LogP contribution in [0.1, 0.15) is 18.6 Å². The molecule has 0 fully saturated rings. The highest BCUT2D eigenvalue weighted by atomic mass is 16.5. The summed E-state index contributed by atoms with van der Waals surface area (Å²) in [5.41, 5.74) is 0.919. The maximum atomic E-state index is 9.01. The van der Waals surface area contributed by atoms with Gasteiger partial charge in [0.25, 0.3) is 0 Å². The summed E-state index contributed by atoms with van der Waals surface area (Å²) in [6.45, 7) is 2.44. The third-order valence-electron chi connectivity index (χ3n) is 2.53. The second-order valence-corrected chi connectivity index (χ2v) is 3.57. The molecule has 0 spiro atoms. The molecule has 0 aliphatic carbocycles. The molecule has 0 amide bonds. The van der Waals surface area contributed by atoms with Gasteiger partial charge in [0.2, 0.25) is 0 Å². The molecule has 1 atom stereocenters. The normalized spacial score (nSPS) is 12.2. The Morgan fingerprint density at radius 2 is 1.94 bits per heavy atom. The number of hydrogen-bond acceptors (Lipinski definition) is 2. The zero-order valence-corrected chi connectivity index (χ0v) is 9.18. The van der Waals surface area contributed by atoms with E-state index in [2.05, 4.69) is 12.1 Å². The zero-order chi connectivity index (χ0) is 11.4. The number of hydrogen-bond donors (Lipinski definition) is 0. The Morgan fingerprint density at radius 1 is 1.19 bits per heavy atom. The number of benzene rings is 2. The summed E-state index contributed by atoms with van der Waals surface area (Å²) in [6, 6.07) is 16.2. The van der Waals surface area contributed by atoms with Crippen LogP contribution in [0.15, 0.2) is 42.5 Å². The summed E-state index contributed by atoms with van der Waals surface area (Å²) in [5.74, 6) is 0. The summed E-state index contributed by atoms with van der Waals surface area (Å²) in [7, 11) is 0. The molecule has 80 valence electrons. The van der Waals surface area contributed by atoms with Gasteiger partial charge in [-0.25, -0.2) is 0 Å². The summed E-state index contributed by atoms with van der Waals surface area (Å²) >= 11 is 0. The molecule has 0 N–H and O–H groups in total. The molecule has 0 aliphatic heterocycles. The first-order valence-electron chi connectivity index (χ1n) is 5.35. The standard InChI is InChI=1S/C14H13NO/c1-2-16-14(10-15)13-8-7-11-5-3-4-6-12(11)9-13/h3-9,14H,2H2,1H3. The van der Waals surface area contributed by atoms with E-state index >= 15 is 0 Å². The van der Waals surface area contributed by atoms with Crippen LogP contribution < -0.4 is 0 Å². The maximum absolute atomic E-state index is 9.01. The Kier molecular flexibility index (Phi) is 3.19. The van der Waals surface area contributed by atoms with Crippen molar-refractivity contribution < 1.29 is 4.74 Å².